The molecule has 1 atom stereocenters. The fourth-order valence-electron chi connectivity index (χ4n) is 4.07. The van der Waals surface area contributed by atoms with Gasteiger partial charge in [-0.1, -0.05) is 47.5 Å². The van der Waals surface area contributed by atoms with Gasteiger partial charge in [-0.3, -0.25) is 0 Å². The first-order valence-corrected chi connectivity index (χ1v) is 6.16. The summed E-state index contributed by atoms with van der Waals surface area (Å²) < 4.78 is 0. The molecule has 3 aliphatic carbocycles. The fourth-order valence-corrected chi connectivity index (χ4v) is 4.07. The van der Waals surface area contributed by atoms with E-state index in [1.807, 2.05) is 0 Å². The molecule has 0 radical (unpaired) electrons. The van der Waals surface area contributed by atoms with Crippen LogP contribution in [0.2, 0.25) is 0 Å². The van der Waals surface area contributed by atoms with Crippen molar-refractivity contribution in [2.24, 2.45) is 16.7 Å². The molecule has 0 heteroatoms. The van der Waals surface area contributed by atoms with Gasteiger partial charge in [0.05, 0.1) is 0 Å². The summed E-state index contributed by atoms with van der Waals surface area (Å²) in [5.41, 5.74) is 1.60. The minimum absolute atomic E-state index is 0. The van der Waals surface area contributed by atoms with Gasteiger partial charge < -0.3 is 0 Å². The van der Waals surface area contributed by atoms with Crippen LogP contribution in [0.25, 0.3) is 0 Å². The predicted octanol–water partition coefficient (Wildman–Crippen LogP) is 5.03. The molecule has 0 aromatic carbocycles. The average molecular weight is 196 g/mol. The third-order valence-electron chi connectivity index (χ3n) is 5.24. The number of fused-ring (bicyclic) bond motifs is 2. The Hall–Kier alpha value is 0. The lowest BCUT2D eigenvalue weighted by Gasteiger charge is -2.63. The van der Waals surface area contributed by atoms with Gasteiger partial charge in [-0.25, -0.2) is 0 Å². The highest BCUT2D eigenvalue weighted by molar-refractivity contribution is 5.07. The Morgan fingerprint density at radius 1 is 1.14 bits per heavy atom. The summed E-state index contributed by atoms with van der Waals surface area (Å²) in [4.78, 5) is 0. The third-order valence-corrected chi connectivity index (χ3v) is 5.24. The lowest BCUT2D eigenvalue weighted by atomic mass is 9.41. The van der Waals surface area contributed by atoms with Gasteiger partial charge in [0.15, 0.2) is 0 Å². The summed E-state index contributed by atoms with van der Waals surface area (Å²) in [5.74, 6) is 0.979. The summed E-state index contributed by atoms with van der Waals surface area (Å²) in [5, 5.41) is 0. The molecule has 84 valence electrons. The normalized spacial score (nSPS) is 42.2. The van der Waals surface area contributed by atoms with Crippen LogP contribution in [0.3, 0.4) is 0 Å². The van der Waals surface area contributed by atoms with Gasteiger partial charge in [0, 0.05) is 0 Å². The zero-order valence-corrected chi connectivity index (χ0v) is 9.53. The topological polar surface area (TPSA) is 0 Å². The smallest absolute Gasteiger partial charge is 0.0261 e. The van der Waals surface area contributed by atoms with Crippen LogP contribution in [0.15, 0.2) is 0 Å². The Morgan fingerprint density at radius 2 is 1.79 bits per heavy atom. The molecule has 0 amide bonds. The summed E-state index contributed by atoms with van der Waals surface area (Å²) in [6, 6.07) is 0. The Kier molecular flexibility index (Phi) is 3.33. The zero-order chi connectivity index (χ0) is 9.53. The second-order valence-corrected chi connectivity index (χ2v) is 5.73. The first-order valence-electron chi connectivity index (χ1n) is 6.16. The van der Waals surface area contributed by atoms with Gasteiger partial charge >= 0.3 is 0 Å². The highest BCUT2D eigenvalue weighted by Gasteiger charge is 2.57. The third kappa shape index (κ3) is 1.51. The van der Waals surface area contributed by atoms with E-state index in [1.54, 1.807) is 12.8 Å². The van der Waals surface area contributed by atoms with Gasteiger partial charge in [0.2, 0.25) is 0 Å². The molecule has 0 nitrogen and oxygen atoms in total. The van der Waals surface area contributed by atoms with Crippen LogP contribution in [0.5, 0.6) is 0 Å². The monoisotopic (exact) mass is 196 g/mol. The van der Waals surface area contributed by atoms with Crippen molar-refractivity contribution in [2.75, 3.05) is 0 Å². The van der Waals surface area contributed by atoms with Crippen molar-refractivity contribution in [3.8, 4) is 0 Å². The molecule has 1 unspecified atom stereocenters. The van der Waals surface area contributed by atoms with Crippen LogP contribution in [-0.2, 0) is 0 Å². The first-order chi connectivity index (χ1) is 6.16. The van der Waals surface area contributed by atoms with E-state index in [2.05, 4.69) is 20.8 Å². The SMILES string of the molecule is C.CCC(C)C12CCCC(CC)(C1)C2. The van der Waals surface area contributed by atoms with Gasteiger partial charge in [-0.15, -0.1) is 0 Å². The Balaban J connectivity index is 0.000000980. The van der Waals surface area contributed by atoms with E-state index in [-0.39, 0.29) is 7.43 Å². The lowest BCUT2D eigenvalue weighted by molar-refractivity contribution is -0.129. The van der Waals surface area contributed by atoms with Crippen LogP contribution in [0, 0.1) is 16.7 Å². The van der Waals surface area contributed by atoms with E-state index in [0.29, 0.717) is 0 Å². The second kappa shape index (κ2) is 3.87. The van der Waals surface area contributed by atoms with Crippen molar-refractivity contribution in [3.63, 3.8) is 0 Å². The van der Waals surface area contributed by atoms with Crippen molar-refractivity contribution >= 4 is 0 Å². The second-order valence-electron chi connectivity index (χ2n) is 5.73. The molecule has 3 rings (SSSR count). The molecule has 0 spiro atoms. The van der Waals surface area contributed by atoms with E-state index in [1.165, 1.54) is 32.1 Å². The molecule has 0 aliphatic heterocycles. The molecular weight excluding hydrogens is 168 g/mol. The highest BCUT2D eigenvalue weighted by atomic mass is 14.6. The molecule has 0 N–H and O–H groups in total. The Labute approximate surface area is 90.5 Å². The van der Waals surface area contributed by atoms with Crippen molar-refractivity contribution in [3.05, 3.63) is 0 Å². The van der Waals surface area contributed by atoms with E-state index >= 15 is 0 Å². The largest absolute Gasteiger partial charge is 0.0776 e. The van der Waals surface area contributed by atoms with Crippen LogP contribution in [-0.4, -0.2) is 0 Å². The molecule has 3 aliphatic rings. The molecule has 2 bridgehead atoms. The number of rotatable bonds is 3. The number of hydrogen-bond donors (Lipinski definition) is 0. The minimum atomic E-state index is 0. The molecule has 0 aromatic rings. The minimum Gasteiger partial charge on any atom is -0.0776 e. The van der Waals surface area contributed by atoms with E-state index in [0.717, 1.165) is 16.7 Å². The Morgan fingerprint density at radius 3 is 2.29 bits per heavy atom. The summed E-state index contributed by atoms with van der Waals surface area (Å²) >= 11 is 0. The van der Waals surface area contributed by atoms with Crippen molar-refractivity contribution in [1.29, 1.82) is 0 Å². The molecule has 3 saturated carbocycles. The van der Waals surface area contributed by atoms with Crippen LogP contribution < -0.4 is 0 Å². The standard InChI is InChI=1S/C13H24.CH4/c1-4-11(3)13-8-6-7-12(5-2,9-13)10-13;/h11H,4-10H2,1-3H3;1H4. The van der Waals surface area contributed by atoms with Gasteiger partial charge in [-0.2, -0.15) is 0 Å². The maximum absolute atomic E-state index is 2.48. The van der Waals surface area contributed by atoms with Crippen LogP contribution >= 0.6 is 0 Å². The molecule has 0 aromatic heterocycles. The lowest BCUT2D eigenvalue weighted by Crippen LogP contribution is -2.53. The van der Waals surface area contributed by atoms with Crippen LogP contribution in [0.1, 0.15) is 73.1 Å². The fraction of sp³-hybridized carbons (Fsp3) is 1.00. The summed E-state index contributed by atoms with van der Waals surface area (Å²) in [7, 11) is 0. The van der Waals surface area contributed by atoms with Crippen LogP contribution in [0.4, 0.5) is 0 Å². The molecule has 0 saturated heterocycles. The predicted molar refractivity (Wildman–Crippen MR) is 64.4 cm³/mol. The molecule has 14 heavy (non-hydrogen) atoms. The molecule has 3 fully saturated rings. The summed E-state index contributed by atoms with van der Waals surface area (Å²) in [6.45, 7) is 7.23. The molecular formula is C14H28. The maximum atomic E-state index is 2.48. The number of hydrogen-bond acceptors (Lipinski definition) is 0. The van der Waals surface area contributed by atoms with E-state index in [4.69, 9.17) is 0 Å². The Bertz CT molecular complexity index is 186. The van der Waals surface area contributed by atoms with Crippen molar-refractivity contribution in [1.82, 2.24) is 0 Å². The van der Waals surface area contributed by atoms with E-state index in [9.17, 15) is 0 Å². The van der Waals surface area contributed by atoms with E-state index < -0.39 is 0 Å². The van der Waals surface area contributed by atoms with Gasteiger partial charge in [0.1, 0.15) is 0 Å². The highest BCUT2D eigenvalue weighted by Crippen LogP contribution is 2.68. The quantitative estimate of drug-likeness (QED) is 0.594. The van der Waals surface area contributed by atoms with Gasteiger partial charge in [-0.05, 0) is 42.4 Å². The zero-order valence-electron chi connectivity index (χ0n) is 9.53. The van der Waals surface area contributed by atoms with Crippen molar-refractivity contribution < 1.29 is 0 Å². The molecule has 0 heterocycles. The van der Waals surface area contributed by atoms with Gasteiger partial charge in [0.25, 0.3) is 0 Å². The first kappa shape index (κ1) is 12.1. The average Bonchev–Trinajstić information content (AvgIpc) is 2.15. The summed E-state index contributed by atoms with van der Waals surface area (Å²) in [6.07, 6.45) is 10.5. The van der Waals surface area contributed by atoms with Crippen molar-refractivity contribution in [2.45, 2.75) is 73.1 Å². The maximum Gasteiger partial charge on any atom is -0.0261 e.